The zero-order chi connectivity index (χ0) is 20.0. The fraction of sp³-hybridized carbons (Fsp3) is 0.304. The van der Waals surface area contributed by atoms with Gasteiger partial charge < -0.3 is 18.8 Å². The molecule has 0 spiro atoms. The number of nitrogens with zero attached hydrogens (tertiary/aromatic N) is 1. The predicted molar refractivity (Wildman–Crippen MR) is 109 cm³/mol. The molecule has 0 unspecified atom stereocenters. The summed E-state index contributed by atoms with van der Waals surface area (Å²) in [7, 11) is 1.37. The normalized spacial score (nSPS) is 15.4. The molecule has 1 aliphatic carbocycles. The molecule has 0 bridgehead atoms. The zero-order valence-electron chi connectivity index (χ0n) is 16.2. The maximum atomic E-state index is 12.6. The van der Waals surface area contributed by atoms with E-state index in [-0.39, 0.29) is 5.63 Å². The van der Waals surface area contributed by atoms with Crippen LogP contribution in [0.2, 0.25) is 0 Å². The number of hydrogen-bond donors (Lipinski definition) is 0. The molecule has 148 valence electrons. The fourth-order valence-electron chi connectivity index (χ4n) is 4.40. The first kappa shape index (κ1) is 17.8. The van der Waals surface area contributed by atoms with E-state index in [0.717, 1.165) is 53.4 Å². The Morgan fingerprint density at radius 1 is 1.03 bits per heavy atom. The van der Waals surface area contributed by atoms with Crippen molar-refractivity contribution in [3.63, 3.8) is 0 Å². The van der Waals surface area contributed by atoms with Crippen LogP contribution in [0.3, 0.4) is 0 Å². The minimum Gasteiger partial charge on any atom is -0.473 e. The summed E-state index contributed by atoms with van der Waals surface area (Å²) >= 11 is 0. The van der Waals surface area contributed by atoms with Gasteiger partial charge >= 0.3 is 11.6 Å². The molecule has 1 aliphatic heterocycles. The molecule has 2 heterocycles. The van der Waals surface area contributed by atoms with Crippen LogP contribution < -0.4 is 15.3 Å². The number of methoxy groups -OCH3 is 1. The molecule has 2 aliphatic rings. The first-order chi connectivity index (χ1) is 14.2. The number of rotatable bonds is 2. The van der Waals surface area contributed by atoms with Crippen molar-refractivity contribution in [2.75, 3.05) is 18.7 Å². The molecule has 0 saturated carbocycles. The molecular weight excluding hydrogens is 370 g/mol. The molecule has 6 nitrogen and oxygen atoms in total. The van der Waals surface area contributed by atoms with Crippen molar-refractivity contribution in [3.8, 4) is 5.75 Å². The summed E-state index contributed by atoms with van der Waals surface area (Å²) in [6.45, 7) is 0.768. The molecule has 0 saturated heterocycles. The van der Waals surface area contributed by atoms with E-state index >= 15 is 0 Å². The third-order valence-corrected chi connectivity index (χ3v) is 5.83. The van der Waals surface area contributed by atoms with Crippen LogP contribution in [0.5, 0.6) is 5.75 Å². The molecule has 0 atom stereocenters. The van der Waals surface area contributed by atoms with Gasteiger partial charge in [0.15, 0.2) is 6.73 Å². The highest BCUT2D eigenvalue weighted by Gasteiger charge is 2.27. The van der Waals surface area contributed by atoms with E-state index in [1.807, 2.05) is 29.2 Å². The minimum absolute atomic E-state index is 0.243. The molecule has 0 amide bonds. The number of fused-ring (bicyclic) bond motifs is 5. The Morgan fingerprint density at radius 3 is 2.66 bits per heavy atom. The molecule has 29 heavy (non-hydrogen) atoms. The summed E-state index contributed by atoms with van der Waals surface area (Å²) < 4.78 is 16.7. The van der Waals surface area contributed by atoms with Crippen molar-refractivity contribution >= 4 is 22.6 Å². The van der Waals surface area contributed by atoms with Gasteiger partial charge in [0.2, 0.25) is 0 Å². The molecule has 2 aromatic carbocycles. The van der Waals surface area contributed by atoms with Gasteiger partial charge in [-0.25, -0.2) is 9.59 Å². The van der Waals surface area contributed by atoms with E-state index in [9.17, 15) is 9.59 Å². The van der Waals surface area contributed by atoms with Crippen LogP contribution in [0.15, 0.2) is 45.6 Å². The summed E-state index contributed by atoms with van der Waals surface area (Å²) in [5.41, 5.74) is 4.30. The Hall–Kier alpha value is -3.28. The van der Waals surface area contributed by atoms with E-state index in [1.165, 1.54) is 7.11 Å². The standard InChI is InChI=1S/C23H21NO5/c1-27-22(25)17-8-4-5-9-19(17)24-12-18-20(28-13-24)11-10-15-14-6-2-3-7-16(14)23(26)29-21(15)18/h4-5,8-11H,2-3,6-7,12-13H2,1H3. The molecule has 0 radical (unpaired) electrons. The summed E-state index contributed by atoms with van der Waals surface area (Å²) in [6, 6.07) is 11.2. The second-order valence-electron chi connectivity index (χ2n) is 7.45. The zero-order valence-corrected chi connectivity index (χ0v) is 16.2. The highest BCUT2D eigenvalue weighted by molar-refractivity contribution is 5.96. The number of ether oxygens (including phenoxy) is 2. The largest absolute Gasteiger partial charge is 0.473 e. The van der Waals surface area contributed by atoms with Crippen molar-refractivity contribution in [2.45, 2.75) is 32.2 Å². The van der Waals surface area contributed by atoms with Crippen LogP contribution in [-0.2, 0) is 24.1 Å². The number of carbonyl (C=O) groups is 1. The van der Waals surface area contributed by atoms with Crippen molar-refractivity contribution in [1.82, 2.24) is 0 Å². The second kappa shape index (κ2) is 6.95. The van der Waals surface area contributed by atoms with Gasteiger partial charge in [0, 0.05) is 10.9 Å². The monoisotopic (exact) mass is 391 g/mol. The average molecular weight is 391 g/mol. The molecule has 5 rings (SSSR count). The number of aryl methyl sites for hydroxylation is 1. The Bertz CT molecular complexity index is 1180. The van der Waals surface area contributed by atoms with Crippen LogP contribution in [-0.4, -0.2) is 19.8 Å². The Balaban J connectivity index is 1.63. The first-order valence-electron chi connectivity index (χ1n) is 9.83. The predicted octanol–water partition coefficient (Wildman–Crippen LogP) is 3.81. The highest BCUT2D eigenvalue weighted by Crippen LogP contribution is 2.37. The van der Waals surface area contributed by atoms with Gasteiger partial charge in [0.1, 0.15) is 11.3 Å². The van der Waals surface area contributed by atoms with E-state index in [1.54, 1.807) is 12.1 Å². The van der Waals surface area contributed by atoms with Gasteiger partial charge in [-0.05, 0) is 55.5 Å². The molecule has 6 heteroatoms. The van der Waals surface area contributed by atoms with Crippen LogP contribution in [0.25, 0.3) is 11.0 Å². The van der Waals surface area contributed by atoms with Gasteiger partial charge in [0.25, 0.3) is 0 Å². The highest BCUT2D eigenvalue weighted by atomic mass is 16.5. The molecule has 0 fully saturated rings. The van der Waals surface area contributed by atoms with Gasteiger partial charge in [-0.2, -0.15) is 0 Å². The average Bonchev–Trinajstić information content (AvgIpc) is 2.78. The van der Waals surface area contributed by atoms with E-state index in [4.69, 9.17) is 13.9 Å². The van der Waals surface area contributed by atoms with E-state index < -0.39 is 5.97 Å². The van der Waals surface area contributed by atoms with Crippen molar-refractivity contribution in [2.24, 2.45) is 0 Å². The van der Waals surface area contributed by atoms with Crippen LogP contribution in [0.4, 0.5) is 5.69 Å². The lowest BCUT2D eigenvalue weighted by Crippen LogP contribution is -2.33. The molecule has 3 aromatic rings. The SMILES string of the molecule is COC(=O)c1ccccc1N1COc2ccc3c4c(c(=O)oc3c2C1)CCCC4. The smallest absolute Gasteiger partial charge is 0.339 e. The maximum Gasteiger partial charge on any atom is 0.339 e. The van der Waals surface area contributed by atoms with Crippen molar-refractivity contribution in [3.05, 3.63) is 69.1 Å². The second-order valence-corrected chi connectivity index (χ2v) is 7.45. The Kier molecular flexibility index (Phi) is 4.27. The Morgan fingerprint density at radius 2 is 1.83 bits per heavy atom. The number of para-hydroxylation sites is 1. The van der Waals surface area contributed by atoms with Crippen LogP contribution in [0.1, 0.15) is 39.9 Å². The third kappa shape index (κ3) is 2.87. The van der Waals surface area contributed by atoms with E-state index in [0.29, 0.717) is 30.2 Å². The summed E-state index contributed by atoms with van der Waals surface area (Å²) in [5, 5.41) is 0.991. The minimum atomic E-state index is -0.398. The summed E-state index contributed by atoms with van der Waals surface area (Å²) in [5.74, 6) is 0.313. The van der Waals surface area contributed by atoms with Gasteiger partial charge in [0.05, 0.1) is 30.5 Å². The number of hydrogen-bond acceptors (Lipinski definition) is 6. The fourth-order valence-corrected chi connectivity index (χ4v) is 4.40. The molecule has 1 aromatic heterocycles. The molecule has 0 N–H and O–H groups in total. The Labute approximate surface area is 167 Å². The maximum absolute atomic E-state index is 12.6. The van der Waals surface area contributed by atoms with Gasteiger partial charge in [-0.3, -0.25) is 0 Å². The number of carbonyl (C=O) groups excluding carboxylic acids is 1. The lowest BCUT2D eigenvalue weighted by molar-refractivity contribution is 0.0601. The lowest BCUT2D eigenvalue weighted by Gasteiger charge is -2.32. The summed E-state index contributed by atoms with van der Waals surface area (Å²) in [6.07, 6.45) is 3.78. The quantitative estimate of drug-likeness (QED) is 0.489. The van der Waals surface area contributed by atoms with Crippen molar-refractivity contribution in [1.29, 1.82) is 0 Å². The topological polar surface area (TPSA) is 69.0 Å². The van der Waals surface area contributed by atoms with E-state index in [2.05, 4.69) is 0 Å². The van der Waals surface area contributed by atoms with Gasteiger partial charge in [-0.1, -0.05) is 12.1 Å². The van der Waals surface area contributed by atoms with Gasteiger partial charge in [-0.15, -0.1) is 0 Å². The lowest BCUT2D eigenvalue weighted by atomic mass is 9.90. The number of esters is 1. The first-order valence-corrected chi connectivity index (χ1v) is 9.83. The number of benzene rings is 2. The van der Waals surface area contributed by atoms with Crippen LogP contribution in [0, 0.1) is 0 Å². The molecular formula is C23H21NO5. The number of anilines is 1. The van der Waals surface area contributed by atoms with Crippen LogP contribution >= 0.6 is 0 Å². The third-order valence-electron chi connectivity index (χ3n) is 5.83. The van der Waals surface area contributed by atoms with Crippen molar-refractivity contribution < 1.29 is 18.7 Å². The summed E-state index contributed by atoms with van der Waals surface area (Å²) in [4.78, 5) is 26.8.